The fourth-order valence-corrected chi connectivity index (χ4v) is 2.26. The molecule has 0 aliphatic rings. The van der Waals surface area contributed by atoms with Crippen molar-refractivity contribution in [1.29, 1.82) is 0 Å². The van der Waals surface area contributed by atoms with Crippen LogP contribution in [0.5, 0.6) is 0 Å². The largest absolute Gasteiger partial charge is 0.374 e. The smallest absolute Gasteiger partial charge is 0.0818 e. The molecular weight excluding hydrogens is 224 g/mol. The average Bonchev–Trinajstić information content (AvgIpc) is 2.37. The number of aromatic nitrogens is 1. The molecule has 0 spiro atoms. The van der Waals surface area contributed by atoms with E-state index in [1.807, 2.05) is 45.2 Å². The molecule has 1 heterocycles. The van der Waals surface area contributed by atoms with E-state index in [0.717, 1.165) is 16.3 Å². The van der Waals surface area contributed by atoms with Gasteiger partial charge in [-0.1, -0.05) is 18.2 Å². The number of nitrogens with two attached hydrogens (primary N) is 1. The molecule has 0 aliphatic heterocycles. The van der Waals surface area contributed by atoms with Crippen LogP contribution in [0.25, 0.3) is 10.8 Å². The van der Waals surface area contributed by atoms with Gasteiger partial charge in [0, 0.05) is 24.4 Å². The zero-order valence-corrected chi connectivity index (χ0v) is 11.2. The van der Waals surface area contributed by atoms with E-state index < -0.39 is 0 Å². The number of pyridine rings is 1. The summed E-state index contributed by atoms with van der Waals surface area (Å²) in [6.07, 6.45) is 3.66. The number of fused-ring (bicyclic) bond motifs is 1. The number of benzene rings is 1. The molecule has 1 aromatic carbocycles. The van der Waals surface area contributed by atoms with Crippen LogP contribution in [0.1, 0.15) is 32.4 Å². The van der Waals surface area contributed by atoms with Gasteiger partial charge in [0.2, 0.25) is 0 Å². The van der Waals surface area contributed by atoms with Gasteiger partial charge in [0.15, 0.2) is 0 Å². The maximum absolute atomic E-state index is 6.38. The summed E-state index contributed by atoms with van der Waals surface area (Å²) in [5, 5.41) is 2.26. The van der Waals surface area contributed by atoms with Gasteiger partial charge in [0.05, 0.1) is 11.6 Å². The molecule has 0 amide bonds. The van der Waals surface area contributed by atoms with Crippen molar-refractivity contribution >= 4 is 10.8 Å². The van der Waals surface area contributed by atoms with Gasteiger partial charge in [-0.25, -0.2) is 0 Å². The normalized spacial score (nSPS) is 13.8. The standard InChI is InChI=1S/C15H20N2O/c1-4-18-15(2,3)14(16)13-7-5-6-11-10-17-9-8-12(11)13/h5-10,14H,4,16H2,1-3H3. The van der Waals surface area contributed by atoms with E-state index in [2.05, 4.69) is 11.1 Å². The first-order valence-electron chi connectivity index (χ1n) is 6.28. The molecular formula is C15H20N2O. The monoisotopic (exact) mass is 244 g/mol. The van der Waals surface area contributed by atoms with Gasteiger partial charge in [0.1, 0.15) is 0 Å². The fraction of sp³-hybridized carbons (Fsp3) is 0.400. The van der Waals surface area contributed by atoms with Crippen LogP contribution in [0.15, 0.2) is 36.7 Å². The summed E-state index contributed by atoms with van der Waals surface area (Å²) in [5.41, 5.74) is 7.10. The van der Waals surface area contributed by atoms with Crippen molar-refractivity contribution in [3.63, 3.8) is 0 Å². The number of hydrogen-bond donors (Lipinski definition) is 1. The van der Waals surface area contributed by atoms with Gasteiger partial charge < -0.3 is 10.5 Å². The number of rotatable bonds is 4. The minimum Gasteiger partial charge on any atom is -0.374 e. The molecule has 2 N–H and O–H groups in total. The lowest BCUT2D eigenvalue weighted by atomic mass is 9.89. The van der Waals surface area contributed by atoms with Gasteiger partial charge in [-0.15, -0.1) is 0 Å². The first-order chi connectivity index (χ1) is 8.56. The Kier molecular flexibility index (Phi) is 3.64. The first-order valence-corrected chi connectivity index (χ1v) is 6.28. The summed E-state index contributed by atoms with van der Waals surface area (Å²) in [6, 6.07) is 7.97. The third-order valence-electron chi connectivity index (χ3n) is 3.31. The van der Waals surface area contributed by atoms with Crippen molar-refractivity contribution in [3.8, 4) is 0 Å². The second kappa shape index (κ2) is 5.04. The van der Waals surface area contributed by atoms with Crippen LogP contribution in [0, 0.1) is 0 Å². The molecule has 3 heteroatoms. The highest BCUT2D eigenvalue weighted by atomic mass is 16.5. The zero-order valence-electron chi connectivity index (χ0n) is 11.2. The van der Waals surface area contributed by atoms with Crippen LogP contribution in [-0.2, 0) is 4.74 Å². The number of ether oxygens (including phenoxy) is 1. The van der Waals surface area contributed by atoms with E-state index in [1.54, 1.807) is 6.20 Å². The van der Waals surface area contributed by atoms with E-state index in [4.69, 9.17) is 10.5 Å². The molecule has 0 fully saturated rings. The van der Waals surface area contributed by atoms with Crippen molar-refractivity contribution in [1.82, 2.24) is 4.98 Å². The Balaban J connectivity index is 2.48. The van der Waals surface area contributed by atoms with Crippen molar-refractivity contribution < 1.29 is 4.74 Å². The highest BCUT2D eigenvalue weighted by molar-refractivity contribution is 5.85. The topological polar surface area (TPSA) is 48.1 Å². The van der Waals surface area contributed by atoms with Crippen LogP contribution in [0.4, 0.5) is 0 Å². The van der Waals surface area contributed by atoms with Crippen molar-refractivity contribution in [3.05, 3.63) is 42.2 Å². The van der Waals surface area contributed by atoms with Gasteiger partial charge >= 0.3 is 0 Å². The fourth-order valence-electron chi connectivity index (χ4n) is 2.26. The Morgan fingerprint density at radius 1 is 1.33 bits per heavy atom. The molecule has 0 saturated carbocycles. The van der Waals surface area contributed by atoms with Crippen molar-refractivity contribution in [2.45, 2.75) is 32.4 Å². The third-order valence-corrected chi connectivity index (χ3v) is 3.31. The predicted molar refractivity (Wildman–Crippen MR) is 74.4 cm³/mol. The molecule has 0 aliphatic carbocycles. The zero-order chi connectivity index (χ0) is 13.2. The maximum Gasteiger partial charge on any atom is 0.0818 e. The first kappa shape index (κ1) is 13.0. The molecule has 0 radical (unpaired) electrons. The molecule has 1 aromatic heterocycles. The van der Waals surface area contributed by atoms with Crippen LogP contribution in [-0.4, -0.2) is 17.2 Å². The third kappa shape index (κ3) is 2.37. The molecule has 2 rings (SSSR count). The quantitative estimate of drug-likeness (QED) is 0.899. The highest BCUT2D eigenvalue weighted by Crippen LogP contribution is 2.31. The lowest BCUT2D eigenvalue weighted by Gasteiger charge is -2.32. The Morgan fingerprint density at radius 2 is 2.11 bits per heavy atom. The van der Waals surface area contributed by atoms with E-state index in [9.17, 15) is 0 Å². The number of hydrogen-bond acceptors (Lipinski definition) is 3. The SMILES string of the molecule is CCOC(C)(C)C(N)c1cccc2cnccc12. The molecule has 0 saturated heterocycles. The summed E-state index contributed by atoms with van der Waals surface area (Å²) in [5.74, 6) is 0. The summed E-state index contributed by atoms with van der Waals surface area (Å²) in [4.78, 5) is 4.14. The van der Waals surface area contributed by atoms with Crippen molar-refractivity contribution in [2.24, 2.45) is 5.73 Å². The van der Waals surface area contributed by atoms with Gasteiger partial charge in [-0.2, -0.15) is 0 Å². The van der Waals surface area contributed by atoms with Gasteiger partial charge in [0.25, 0.3) is 0 Å². The Hall–Kier alpha value is -1.45. The molecule has 2 aromatic rings. The van der Waals surface area contributed by atoms with Gasteiger partial charge in [-0.3, -0.25) is 4.98 Å². The van der Waals surface area contributed by atoms with Crippen LogP contribution in [0.2, 0.25) is 0 Å². The summed E-state index contributed by atoms with van der Waals surface area (Å²) < 4.78 is 5.75. The lowest BCUT2D eigenvalue weighted by molar-refractivity contribution is -0.0294. The summed E-state index contributed by atoms with van der Waals surface area (Å²) >= 11 is 0. The Morgan fingerprint density at radius 3 is 2.83 bits per heavy atom. The number of nitrogens with zero attached hydrogens (tertiary/aromatic N) is 1. The lowest BCUT2D eigenvalue weighted by Crippen LogP contribution is -2.38. The molecule has 1 unspecified atom stereocenters. The minimum atomic E-state index is -0.383. The second-order valence-electron chi connectivity index (χ2n) is 4.96. The molecule has 1 atom stereocenters. The maximum atomic E-state index is 6.38. The molecule has 18 heavy (non-hydrogen) atoms. The summed E-state index contributed by atoms with van der Waals surface area (Å²) in [7, 11) is 0. The highest BCUT2D eigenvalue weighted by Gasteiger charge is 2.29. The van der Waals surface area contributed by atoms with Gasteiger partial charge in [-0.05, 0) is 37.8 Å². The van der Waals surface area contributed by atoms with E-state index in [-0.39, 0.29) is 11.6 Å². The molecule has 96 valence electrons. The average molecular weight is 244 g/mol. The van der Waals surface area contributed by atoms with E-state index in [0.29, 0.717) is 6.61 Å². The van der Waals surface area contributed by atoms with E-state index >= 15 is 0 Å². The second-order valence-corrected chi connectivity index (χ2v) is 4.96. The molecule has 0 bridgehead atoms. The Labute approximate surface area is 108 Å². The summed E-state index contributed by atoms with van der Waals surface area (Å²) in [6.45, 7) is 6.71. The Bertz CT molecular complexity index is 532. The molecule has 3 nitrogen and oxygen atoms in total. The van der Waals surface area contributed by atoms with Crippen molar-refractivity contribution in [2.75, 3.05) is 6.61 Å². The van der Waals surface area contributed by atoms with Crippen LogP contribution < -0.4 is 5.73 Å². The predicted octanol–water partition coefficient (Wildman–Crippen LogP) is 3.05. The van der Waals surface area contributed by atoms with Crippen LogP contribution >= 0.6 is 0 Å². The van der Waals surface area contributed by atoms with Crippen LogP contribution in [0.3, 0.4) is 0 Å². The van der Waals surface area contributed by atoms with E-state index in [1.165, 1.54) is 0 Å². The minimum absolute atomic E-state index is 0.163.